The number of carbonyl (C=O) groups is 2. The van der Waals surface area contributed by atoms with E-state index in [0.717, 1.165) is 0 Å². The van der Waals surface area contributed by atoms with Gasteiger partial charge >= 0.3 is 0 Å². The molecule has 0 saturated carbocycles. The van der Waals surface area contributed by atoms with Crippen LogP contribution in [-0.4, -0.2) is 17.9 Å². The van der Waals surface area contributed by atoms with Crippen LogP contribution in [0.25, 0.3) is 0 Å². The summed E-state index contributed by atoms with van der Waals surface area (Å²) in [6.07, 6.45) is -0.386. The van der Waals surface area contributed by atoms with Gasteiger partial charge in [-0.25, -0.2) is 4.39 Å². The molecule has 2 amide bonds. The van der Waals surface area contributed by atoms with Gasteiger partial charge in [0, 0.05) is 17.8 Å². The van der Waals surface area contributed by atoms with Crippen molar-refractivity contribution in [3.05, 3.63) is 54.3 Å². The van der Waals surface area contributed by atoms with Crippen molar-refractivity contribution in [3.63, 3.8) is 0 Å². The van der Waals surface area contributed by atoms with Gasteiger partial charge in [-0.2, -0.15) is 0 Å². The number of ether oxygens (including phenoxy) is 1. The Kier molecular flexibility index (Phi) is 5.89. The molecular formula is C18H19FN2O3. The minimum Gasteiger partial charge on any atom is -0.481 e. The Morgan fingerprint density at radius 3 is 2.33 bits per heavy atom. The van der Waals surface area contributed by atoms with Gasteiger partial charge in [-0.1, -0.05) is 13.0 Å². The third-order valence-corrected chi connectivity index (χ3v) is 3.23. The average molecular weight is 330 g/mol. The average Bonchev–Trinajstić information content (AvgIpc) is 2.57. The SMILES string of the molecule is CCC(=O)Nc1cccc(NC(=O)C(C)Oc2ccc(F)cc2)c1. The number of benzene rings is 2. The molecule has 1 atom stereocenters. The van der Waals surface area contributed by atoms with Crippen LogP contribution in [0.15, 0.2) is 48.5 Å². The zero-order valence-electron chi connectivity index (χ0n) is 13.5. The molecule has 126 valence electrons. The Labute approximate surface area is 139 Å². The van der Waals surface area contributed by atoms with E-state index in [1.54, 1.807) is 38.1 Å². The predicted octanol–water partition coefficient (Wildman–Crippen LogP) is 3.58. The lowest BCUT2D eigenvalue weighted by Crippen LogP contribution is -2.30. The number of hydrogen-bond acceptors (Lipinski definition) is 3. The lowest BCUT2D eigenvalue weighted by Gasteiger charge is -2.15. The number of anilines is 2. The highest BCUT2D eigenvalue weighted by Gasteiger charge is 2.15. The lowest BCUT2D eigenvalue weighted by atomic mass is 10.2. The first-order chi connectivity index (χ1) is 11.5. The van der Waals surface area contributed by atoms with Crippen LogP contribution in [-0.2, 0) is 9.59 Å². The maximum atomic E-state index is 12.9. The molecule has 2 aromatic carbocycles. The van der Waals surface area contributed by atoms with Crippen molar-refractivity contribution in [2.24, 2.45) is 0 Å². The minimum atomic E-state index is -0.760. The maximum Gasteiger partial charge on any atom is 0.265 e. The Balaban J connectivity index is 1.96. The normalized spacial score (nSPS) is 11.5. The van der Waals surface area contributed by atoms with E-state index >= 15 is 0 Å². The summed E-state index contributed by atoms with van der Waals surface area (Å²) in [6, 6.07) is 12.3. The summed E-state index contributed by atoms with van der Waals surface area (Å²) >= 11 is 0. The first-order valence-electron chi connectivity index (χ1n) is 7.61. The van der Waals surface area contributed by atoms with Crippen LogP contribution in [0.5, 0.6) is 5.75 Å². The van der Waals surface area contributed by atoms with Crippen LogP contribution in [0, 0.1) is 5.82 Å². The molecule has 6 heteroatoms. The highest BCUT2D eigenvalue weighted by molar-refractivity contribution is 5.95. The Hall–Kier alpha value is -2.89. The summed E-state index contributed by atoms with van der Waals surface area (Å²) in [6.45, 7) is 3.36. The van der Waals surface area contributed by atoms with Gasteiger partial charge in [-0.3, -0.25) is 9.59 Å². The van der Waals surface area contributed by atoms with Crippen molar-refractivity contribution < 1.29 is 18.7 Å². The van der Waals surface area contributed by atoms with Gasteiger partial charge in [0.05, 0.1) is 0 Å². The molecule has 0 radical (unpaired) electrons. The van der Waals surface area contributed by atoms with E-state index in [4.69, 9.17) is 4.74 Å². The molecule has 0 aromatic heterocycles. The molecule has 0 aliphatic rings. The highest BCUT2D eigenvalue weighted by atomic mass is 19.1. The molecule has 0 heterocycles. The maximum absolute atomic E-state index is 12.9. The standard InChI is InChI=1S/C18H19FN2O3/c1-3-17(22)20-14-5-4-6-15(11-14)21-18(23)12(2)24-16-9-7-13(19)8-10-16/h4-12H,3H2,1-2H3,(H,20,22)(H,21,23). The molecule has 0 bridgehead atoms. The fourth-order valence-electron chi connectivity index (χ4n) is 1.94. The number of hydrogen-bond donors (Lipinski definition) is 2. The zero-order chi connectivity index (χ0) is 17.5. The molecule has 0 aliphatic carbocycles. The summed E-state index contributed by atoms with van der Waals surface area (Å²) in [5, 5.41) is 5.44. The molecule has 2 N–H and O–H groups in total. The zero-order valence-corrected chi connectivity index (χ0v) is 13.5. The van der Waals surface area contributed by atoms with Crippen LogP contribution in [0.1, 0.15) is 20.3 Å². The predicted molar refractivity (Wildman–Crippen MR) is 90.5 cm³/mol. The summed E-state index contributed by atoms with van der Waals surface area (Å²) in [7, 11) is 0. The van der Waals surface area contributed by atoms with Gasteiger partial charge in [-0.15, -0.1) is 0 Å². The highest BCUT2D eigenvalue weighted by Crippen LogP contribution is 2.17. The molecule has 0 saturated heterocycles. The molecule has 0 fully saturated rings. The van der Waals surface area contributed by atoms with E-state index in [1.807, 2.05) is 0 Å². The van der Waals surface area contributed by atoms with Gasteiger partial charge in [0.15, 0.2) is 6.10 Å². The third-order valence-electron chi connectivity index (χ3n) is 3.23. The molecular weight excluding hydrogens is 311 g/mol. The number of nitrogens with one attached hydrogen (secondary N) is 2. The summed E-state index contributed by atoms with van der Waals surface area (Å²) in [5.74, 6) is -0.418. The first-order valence-corrected chi connectivity index (χ1v) is 7.61. The molecule has 2 aromatic rings. The van der Waals surface area contributed by atoms with Gasteiger partial charge in [0.25, 0.3) is 5.91 Å². The van der Waals surface area contributed by atoms with E-state index in [-0.39, 0.29) is 17.6 Å². The molecule has 0 aliphatic heterocycles. The van der Waals surface area contributed by atoms with Crippen molar-refractivity contribution in [2.75, 3.05) is 10.6 Å². The quantitative estimate of drug-likeness (QED) is 0.851. The Morgan fingerprint density at radius 1 is 1.08 bits per heavy atom. The monoisotopic (exact) mass is 330 g/mol. The number of amides is 2. The van der Waals surface area contributed by atoms with Crippen molar-refractivity contribution >= 4 is 23.2 Å². The summed E-state index contributed by atoms with van der Waals surface area (Å²) in [5.41, 5.74) is 1.15. The van der Waals surface area contributed by atoms with Crippen LogP contribution in [0.2, 0.25) is 0 Å². The van der Waals surface area contributed by atoms with Crippen LogP contribution in [0.3, 0.4) is 0 Å². The van der Waals surface area contributed by atoms with E-state index in [0.29, 0.717) is 23.5 Å². The lowest BCUT2D eigenvalue weighted by molar-refractivity contribution is -0.122. The fraction of sp³-hybridized carbons (Fsp3) is 0.222. The van der Waals surface area contributed by atoms with E-state index in [2.05, 4.69) is 10.6 Å². The third kappa shape index (κ3) is 5.08. The van der Waals surface area contributed by atoms with E-state index < -0.39 is 6.10 Å². The molecule has 2 rings (SSSR count). The van der Waals surface area contributed by atoms with Crippen molar-refractivity contribution in [2.45, 2.75) is 26.4 Å². The molecule has 0 spiro atoms. The molecule has 5 nitrogen and oxygen atoms in total. The van der Waals surface area contributed by atoms with E-state index in [1.165, 1.54) is 24.3 Å². The van der Waals surface area contributed by atoms with E-state index in [9.17, 15) is 14.0 Å². The number of halogens is 1. The van der Waals surface area contributed by atoms with Crippen LogP contribution in [0.4, 0.5) is 15.8 Å². The van der Waals surface area contributed by atoms with Gasteiger partial charge in [-0.05, 0) is 49.4 Å². The van der Waals surface area contributed by atoms with Crippen molar-refractivity contribution in [1.82, 2.24) is 0 Å². The second-order valence-electron chi connectivity index (χ2n) is 5.19. The molecule has 1 unspecified atom stereocenters. The van der Waals surface area contributed by atoms with Gasteiger partial charge < -0.3 is 15.4 Å². The molecule has 24 heavy (non-hydrogen) atoms. The summed E-state index contributed by atoms with van der Waals surface area (Å²) < 4.78 is 18.3. The second kappa shape index (κ2) is 8.10. The van der Waals surface area contributed by atoms with Crippen molar-refractivity contribution in [3.8, 4) is 5.75 Å². The van der Waals surface area contributed by atoms with Gasteiger partial charge in [0.1, 0.15) is 11.6 Å². The summed E-state index contributed by atoms with van der Waals surface area (Å²) in [4.78, 5) is 23.6. The topological polar surface area (TPSA) is 67.4 Å². The van der Waals surface area contributed by atoms with Crippen LogP contribution < -0.4 is 15.4 Å². The Morgan fingerprint density at radius 2 is 1.71 bits per heavy atom. The smallest absolute Gasteiger partial charge is 0.265 e. The second-order valence-corrected chi connectivity index (χ2v) is 5.19. The fourth-order valence-corrected chi connectivity index (χ4v) is 1.94. The first kappa shape index (κ1) is 17.5. The number of carbonyl (C=O) groups excluding carboxylic acids is 2. The van der Waals surface area contributed by atoms with Gasteiger partial charge in [0.2, 0.25) is 5.91 Å². The van der Waals surface area contributed by atoms with Crippen molar-refractivity contribution in [1.29, 1.82) is 0 Å². The van der Waals surface area contributed by atoms with Crippen LogP contribution >= 0.6 is 0 Å². The largest absolute Gasteiger partial charge is 0.481 e. The number of rotatable bonds is 6. The Bertz CT molecular complexity index is 716. The minimum absolute atomic E-state index is 0.105.